The van der Waals surface area contributed by atoms with Crippen LogP contribution in [0.25, 0.3) is 0 Å². The van der Waals surface area contributed by atoms with Crippen molar-refractivity contribution in [3.8, 4) is 0 Å². The first kappa shape index (κ1) is 12.3. The second kappa shape index (κ2) is 5.03. The van der Waals surface area contributed by atoms with Gasteiger partial charge in [0.2, 0.25) is 5.78 Å². The lowest BCUT2D eigenvalue weighted by Gasteiger charge is -2.29. The maximum Gasteiger partial charge on any atom is 0.201 e. The largest absolute Gasteiger partial charge is 0.332 e. The molecule has 94 valence electrons. The Labute approximate surface area is 103 Å². The van der Waals surface area contributed by atoms with Crippen molar-refractivity contribution in [3.63, 3.8) is 0 Å². The molecule has 3 nitrogen and oxygen atoms in total. The maximum absolute atomic E-state index is 12.3. The molecule has 0 radical (unpaired) electrons. The molecule has 0 unspecified atom stereocenters. The van der Waals surface area contributed by atoms with Crippen LogP contribution in [0.2, 0.25) is 0 Å². The summed E-state index contributed by atoms with van der Waals surface area (Å²) in [6, 6.07) is 0. The van der Waals surface area contributed by atoms with E-state index in [2.05, 4.69) is 18.8 Å². The van der Waals surface area contributed by atoms with Crippen LogP contribution in [0.5, 0.6) is 0 Å². The molecular formula is C14H22N2O. The van der Waals surface area contributed by atoms with Crippen LogP contribution in [-0.4, -0.2) is 15.3 Å². The van der Waals surface area contributed by atoms with E-state index in [1.165, 1.54) is 12.8 Å². The Balaban J connectivity index is 1.98. The minimum absolute atomic E-state index is 0.200. The summed E-state index contributed by atoms with van der Waals surface area (Å²) >= 11 is 0. The zero-order chi connectivity index (χ0) is 12.4. The van der Waals surface area contributed by atoms with Gasteiger partial charge in [-0.25, -0.2) is 4.98 Å². The van der Waals surface area contributed by atoms with Gasteiger partial charge in [-0.05, 0) is 37.5 Å². The van der Waals surface area contributed by atoms with Crippen molar-refractivity contribution in [2.75, 3.05) is 0 Å². The summed E-state index contributed by atoms with van der Waals surface area (Å²) in [4.78, 5) is 16.4. The van der Waals surface area contributed by atoms with Crippen molar-refractivity contribution in [3.05, 3.63) is 18.2 Å². The number of ketones is 1. The van der Waals surface area contributed by atoms with E-state index in [0.29, 0.717) is 5.82 Å². The van der Waals surface area contributed by atoms with Gasteiger partial charge in [-0.3, -0.25) is 4.79 Å². The smallest absolute Gasteiger partial charge is 0.201 e. The average Bonchev–Trinajstić information content (AvgIpc) is 2.74. The lowest BCUT2D eigenvalue weighted by Crippen LogP contribution is -2.25. The highest BCUT2D eigenvalue weighted by molar-refractivity contribution is 5.94. The quantitative estimate of drug-likeness (QED) is 0.753. The Bertz CT molecular complexity index is 387. The maximum atomic E-state index is 12.3. The number of imidazole rings is 1. The second-order valence-corrected chi connectivity index (χ2v) is 5.58. The summed E-state index contributed by atoms with van der Waals surface area (Å²) in [7, 11) is 1.89. The van der Waals surface area contributed by atoms with Crippen molar-refractivity contribution in [1.29, 1.82) is 0 Å². The number of carbonyl (C=O) groups excluding carboxylic acids is 1. The highest BCUT2D eigenvalue weighted by Crippen LogP contribution is 2.34. The van der Waals surface area contributed by atoms with Gasteiger partial charge in [0.05, 0.1) is 0 Å². The molecule has 0 bridgehead atoms. The summed E-state index contributed by atoms with van der Waals surface area (Å²) in [5, 5.41) is 0. The third-order valence-electron chi connectivity index (χ3n) is 4.13. The van der Waals surface area contributed by atoms with Crippen LogP contribution in [-0.2, 0) is 7.05 Å². The van der Waals surface area contributed by atoms with E-state index in [1.807, 2.05) is 17.8 Å². The van der Waals surface area contributed by atoms with Crippen LogP contribution in [0.4, 0.5) is 0 Å². The molecule has 0 atom stereocenters. The molecule has 1 aromatic rings. The van der Waals surface area contributed by atoms with E-state index < -0.39 is 0 Å². The van der Waals surface area contributed by atoms with Crippen LogP contribution in [0, 0.1) is 17.8 Å². The number of Topliss-reactive ketones (excluding diaryl/α,β-unsaturated/α-hetero) is 1. The predicted octanol–water partition coefficient (Wildman–Crippen LogP) is 3.07. The molecule has 0 amide bonds. The number of rotatable bonds is 3. The van der Waals surface area contributed by atoms with Gasteiger partial charge < -0.3 is 4.57 Å². The second-order valence-electron chi connectivity index (χ2n) is 5.58. The molecule has 2 rings (SSSR count). The van der Waals surface area contributed by atoms with E-state index >= 15 is 0 Å². The van der Waals surface area contributed by atoms with Crippen LogP contribution >= 0.6 is 0 Å². The predicted molar refractivity (Wildman–Crippen MR) is 67.8 cm³/mol. The Morgan fingerprint density at radius 1 is 1.35 bits per heavy atom. The monoisotopic (exact) mass is 234 g/mol. The standard InChI is InChI=1S/C14H22N2O/c1-10(2)11-4-6-12(7-5-11)13(17)14-15-8-9-16(14)3/h8-12H,4-7H2,1-3H3. The molecule has 1 saturated carbocycles. The lowest BCUT2D eigenvalue weighted by atomic mass is 9.75. The summed E-state index contributed by atoms with van der Waals surface area (Å²) in [5.41, 5.74) is 0. The normalized spacial score (nSPS) is 25.2. The third-order valence-corrected chi connectivity index (χ3v) is 4.13. The SMILES string of the molecule is CC(C)C1CCC(C(=O)c2nccn2C)CC1. The minimum Gasteiger partial charge on any atom is -0.332 e. The number of carbonyl (C=O) groups is 1. The van der Waals surface area contributed by atoms with E-state index in [9.17, 15) is 4.79 Å². The Morgan fingerprint density at radius 2 is 2.00 bits per heavy atom. The van der Waals surface area contributed by atoms with Gasteiger partial charge in [-0.15, -0.1) is 0 Å². The van der Waals surface area contributed by atoms with E-state index in [1.54, 1.807) is 6.20 Å². The molecule has 3 heteroatoms. The Morgan fingerprint density at radius 3 is 2.47 bits per heavy atom. The zero-order valence-corrected chi connectivity index (χ0v) is 11.0. The minimum atomic E-state index is 0.200. The molecule has 17 heavy (non-hydrogen) atoms. The molecular weight excluding hydrogens is 212 g/mol. The van der Waals surface area contributed by atoms with Gasteiger partial charge in [0.1, 0.15) is 0 Å². The molecule has 1 aliphatic rings. The first-order valence-corrected chi connectivity index (χ1v) is 6.61. The van der Waals surface area contributed by atoms with Crippen molar-refractivity contribution >= 4 is 5.78 Å². The summed E-state index contributed by atoms with van der Waals surface area (Å²) < 4.78 is 1.83. The van der Waals surface area contributed by atoms with E-state index in [-0.39, 0.29) is 11.7 Å². The molecule has 1 fully saturated rings. The summed E-state index contributed by atoms with van der Waals surface area (Å²) in [5.74, 6) is 2.61. The van der Waals surface area contributed by atoms with Gasteiger partial charge in [-0.2, -0.15) is 0 Å². The van der Waals surface area contributed by atoms with Crippen molar-refractivity contribution < 1.29 is 4.79 Å². The molecule has 0 spiro atoms. The topological polar surface area (TPSA) is 34.9 Å². The Kier molecular flexibility index (Phi) is 3.65. The first-order chi connectivity index (χ1) is 8.09. The van der Waals surface area contributed by atoms with Gasteiger partial charge in [0.25, 0.3) is 0 Å². The summed E-state index contributed by atoms with van der Waals surface area (Å²) in [6.07, 6.45) is 8.00. The molecule has 0 N–H and O–H groups in total. The van der Waals surface area contributed by atoms with Crippen molar-refractivity contribution in [2.45, 2.75) is 39.5 Å². The highest BCUT2D eigenvalue weighted by atomic mass is 16.1. The third kappa shape index (κ3) is 2.59. The fourth-order valence-corrected chi connectivity index (χ4v) is 2.83. The molecule has 0 aromatic carbocycles. The molecule has 1 aromatic heterocycles. The fraction of sp³-hybridized carbons (Fsp3) is 0.714. The van der Waals surface area contributed by atoms with E-state index in [4.69, 9.17) is 0 Å². The van der Waals surface area contributed by atoms with Crippen LogP contribution in [0.3, 0.4) is 0 Å². The number of hydrogen-bond donors (Lipinski definition) is 0. The fourth-order valence-electron chi connectivity index (χ4n) is 2.83. The summed E-state index contributed by atoms with van der Waals surface area (Å²) in [6.45, 7) is 4.57. The van der Waals surface area contributed by atoms with Crippen molar-refractivity contribution in [2.24, 2.45) is 24.8 Å². The molecule has 1 heterocycles. The highest BCUT2D eigenvalue weighted by Gasteiger charge is 2.29. The van der Waals surface area contributed by atoms with E-state index in [0.717, 1.165) is 24.7 Å². The molecule has 0 saturated heterocycles. The number of hydrogen-bond acceptors (Lipinski definition) is 2. The number of nitrogens with zero attached hydrogens (tertiary/aromatic N) is 2. The first-order valence-electron chi connectivity index (χ1n) is 6.61. The van der Waals surface area contributed by atoms with Gasteiger partial charge >= 0.3 is 0 Å². The van der Waals surface area contributed by atoms with Crippen LogP contribution in [0.15, 0.2) is 12.4 Å². The van der Waals surface area contributed by atoms with Gasteiger partial charge in [0, 0.05) is 25.4 Å². The van der Waals surface area contributed by atoms with Gasteiger partial charge in [0.15, 0.2) is 5.82 Å². The zero-order valence-electron chi connectivity index (χ0n) is 11.0. The van der Waals surface area contributed by atoms with Crippen LogP contribution < -0.4 is 0 Å². The molecule has 1 aliphatic carbocycles. The lowest BCUT2D eigenvalue weighted by molar-refractivity contribution is 0.0845. The van der Waals surface area contributed by atoms with Crippen LogP contribution in [0.1, 0.15) is 50.1 Å². The molecule has 0 aliphatic heterocycles. The van der Waals surface area contributed by atoms with Gasteiger partial charge in [-0.1, -0.05) is 13.8 Å². The van der Waals surface area contributed by atoms with Crippen molar-refractivity contribution in [1.82, 2.24) is 9.55 Å². The Hall–Kier alpha value is -1.12. The number of aromatic nitrogens is 2. The number of aryl methyl sites for hydroxylation is 1. The average molecular weight is 234 g/mol.